The van der Waals surface area contributed by atoms with Gasteiger partial charge in [0.05, 0.1) is 11.6 Å². The molecule has 1 fully saturated rings. The van der Waals surface area contributed by atoms with E-state index in [1.807, 2.05) is 73.7 Å². The molecule has 2 aliphatic rings. The fourth-order valence-corrected chi connectivity index (χ4v) is 4.99. The molecule has 3 aromatic rings. The van der Waals surface area contributed by atoms with Crippen LogP contribution in [0.1, 0.15) is 35.2 Å². The van der Waals surface area contributed by atoms with E-state index < -0.39 is 17.7 Å². The zero-order chi connectivity index (χ0) is 23.8. The summed E-state index contributed by atoms with van der Waals surface area (Å²) in [6.07, 6.45) is 1.41. The SMILES string of the molecule is C[C@H]1Cc2cc(/C(O)=C3\C(=O)C(=O)N(CCc4ccccc4)[C@@H]3c3ccc(Br)cc3)ccc2O1. The summed E-state index contributed by atoms with van der Waals surface area (Å²) < 4.78 is 6.66. The first-order valence-electron chi connectivity index (χ1n) is 11.3. The lowest BCUT2D eigenvalue weighted by Gasteiger charge is -2.25. The number of hydrogen-bond donors (Lipinski definition) is 1. The highest BCUT2D eigenvalue weighted by molar-refractivity contribution is 9.10. The topological polar surface area (TPSA) is 66.8 Å². The predicted molar refractivity (Wildman–Crippen MR) is 134 cm³/mol. The number of nitrogens with zero attached hydrogens (tertiary/aromatic N) is 1. The quantitative estimate of drug-likeness (QED) is 0.278. The van der Waals surface area contributed by atoms with E-state index in [2.05, 4.69) is 15.9 Å². The van der Waals surface area contributed by atoms with Crippen molar-refractivity contribution in [3.8, 4) is 5.75 Å². The van der Waals surface area contributed by atoms with Crippen molar-refractivity contribution in [3.05, 3.63) is 105 Å². The summed E-state index contributed by atoms with van der Waals surface area (Å²) >= 11 is 3.45. The van der Waals surface area contributed by atoms with Crippen LogP contribution in [0, 0.1) is 0 Å². The molecule has 172 valence electrons. The number of aliphatic hydroxyl groups excluding tert-OH is 1. The van der Waals surface area contributed by atoms with Crippen LogP contribution in [0.5, 0.6) is 5.75 Å². The highest BCUT2D eigenvalue weighted by atomic mass is 79.9. The van der Waals surface area contributed by atoms with Gasteiger partial charge in [-0.1, -0.05) is 58.4 Å². The first-order chi connectivity index (χ1) is 16.4. The molecule has 2 atom stereocenters. The molecule has 5 nitrogen and oxygen atoms in total. The molecule has 0 aliphatic carbocycles. The second-order valence-electron chi connectivity index (χ2n) is 8.73. The number of benzene rings is 3. The molecular formula is C28H24BrNO4. The average Bonchev–Trinajstić information content (AvgIpc) is 3.34. The first-order valence-corrected chi connectivity index (χ1v) is 12.1. The van der Waals surface area contributed by atoms with E-state index in [-0.39, 0.29) is 17.4 Å². The maximum Gasteiger partial charge on any atom is 0.295 e. The molecule has 6 heteroatoms. The molecule has 5 rings (SSSR count). The Balaban J connectivity index is 1.57. The normalized spacial score (nSPS) is 20.9. The fourth-order valence-electron chi connectivity index (χ4n) is 4.72. The first kappa shape index (κ1) is 22.4. The Morgan fingerprint density at radius 3 is 2.53 bits per heavy atom. The summed E-state index contributed by atoms with van der Waals surface area (Å²) in [6, 6.07) is 22.1. The number of ether oxygens (including phenoxy) is 1. The third kappa shape index (κ3) is 4.14. The fraction of sp³-hybridized carbons (Fsp3) is 0.214. The van der Waals surface area contributed by atoms with Crippen LogP contribution in [0.3, 0.4) is 0 Å². The van der Waals surface area contributed by atoms with Gasteiger partial charge in [-0.3, -0.25) is 9.59 Å². The zero-order valence-corrected chi connectivity index (χ0v) is 20.3. The van der Waals surface area contributed by atoms with E-state index in [4.69, 9.17) is 4.74 Å². The minimum Gasteiger partial charge on any atom is -0.507 e. The molecule has 2 heterocycles. The Hall–Kier alpha value is -3.38. The molecule has 3 aromatic carbocycles. The van der Waals surface area contributed by atoms with Crippen LogP contribution in [-0.4, -0.2) is 34.3 Å². The van der Waals surface area contributed by atoms with Gasteiger partial charge in [-0.2, -0.15) is 0 Å². The maximum absolute atomic E-state index is 13.2. The molecule has 2 aliphatic heterocycles. The zero-order valence-electron chi connectivity index (χ0n) is 18.7. The molecule has 0 radical (unpaired) electrons. The van der Waals surface area contributed by atoms with Gasteiger partial charge in [0.15, 0.2) is 0 Å². The van der Waals surface area contributed by atoms with Gasteiger partial charge in [-0.05, 0) is 60.4 Å². The number of aliphatic hydroxyl groups is 1. The smallest absolute Gasteiger partial charge is 0.295 e. The van der Waals surface area contributed by atoms with Crippen LogP contribution < -0.4 is 4.74 Å². The van der Waals surface area contributed by atoms with E-state index in [0.717, 1.165) is 33.3 Å². The van der Waals surface area contributed by atoms with Gasteiger partial charge >= 0.3 is 0 Å². The highest BCUT2D eigenvalue weighted by Crippen LogP contribution is 2.41. The maximum atomic E-state index is 13.2. The molecule has 1 amide bonds. The second kappa shape index (κ2) is 9.11. The van der Waals surface area contributed by atoms with Gasteiger partial charge in [0.25, 0.3) is 11.7 Å². The van der Waals surface area contributed by atoms with Crippen LogP contribution in [0.25, 0.3) is 5.76 Å². The Morgan fingerprint density at radius 2 is 1.79 bits per heavy atom. The number of carbonyl (C=O) groups excluding carboxylic acids is 2. The van der Waals surface area contributed by atoms with Crippen molar-refractivity contribution in [1.29, 1.82) is 0 Å². The van der Waals surface area contributed by atoms with E-state index in [0.29, 0.717) is 18.5 Å². The minimum atomic E-state index is -0.666. The molecule has 0 saturated carbocycles. The summed E-state index contributed by atoms with van der Waals surface area (Å²) in [7, 11) is 0. The number of ketones is 1. The summed E-state index contributed by atoms with van der Waals surface area (Å²) in [6.45, 7) is 2.35. The average molecular weight is 518 g/mol. The third-order valence-corrected chi connectivity index (χ3v) is 6.91. The Kier molecular flexibility index (Phi) is 6.00. The number of fused-ring (bicyclic) bond motifs is 1. The summed E-state index contributed by atoms with van der Waals surface area (Å²) in [5.41, 5.74) is 3.46. The largest absolute Gasteiger partial charge is 0.507 e. The Labute approximate surface area is 206 Å². The summed E-state index contributed by atoms with van der Waals surface area (Å²) in [4.78, 5) is 28.0. The lowest BCUT2D eigenvalue weighted by Crippen LogP contribution is -2.31. The van der Waals surface area contributed by atoms with Crippen molar-refractivity contribution < 1.29 is 19.4 Å². The molecule has 34 heavy (non-hydrogen) atoms. The van der Waals surface area contributed by atoms with Crippen molar-refractivity contribution >= 4 is 33.4 Å². The van der Waals surface area contributed by atoms with Gasteiger partial charge in [0.1, 0.15) is 17.6 Å². The van der Waals surface area contributed by atoms with E-state index in [1.165, 1.54) is 0 Å². The van der Waals surface area contributed by atoms with Crippen LogP contribution in [0.2, 0.25) is 0 Å². The second-order valence-corrected chi connectivity index (χ2v) is 9.65. The van der Waals surface area contributed by atoms with Gasteiger partial charge in [-0.15, -0.1) is 0 Å². The van der Waals surface area contributed by atoms with Crippen LogP contribution in [-0.2, 0) is 22.4 Å². The number of rotatable bonds is 5. The van der Waals surface area contributed by atoms with E-state index in [1.54, 1.807) is 11.0 Å². The standard InChI is InChI=1S/C28H24BrNO4/c1-17-15-21-16-20(9-12-23(21)34-17)26(31)24-25(19-7-10-22(29)11-8-19)30(28(33)27(24)32)14-13-18-5-3-2-4-6-18/h2-12,16-17,25,31H,13-15H2,1H3/b26-24+/t17-,25+/m0/s1. The van der Waals surface area contributed by atoms with Gasteiger partial charge in [0.2, 0.25) is 0 Å². The lowest BCUT2D eigenvalue weighted by atomic mass is 9.94. The van der Waals surface area contributed by atoms with Crippen molar-refractivity contribution in [2.75, 3.05) is 6.54 Å². The number of carbonyl (C=O) groups is 2. The highest BCUT2D eigenvalue weighted by Gasteiger charge is 2.45. The molecular weight excluding hydrogens is 494 g/mol. The molecule has 0 unspecified atom stereocenters. The van der Waals surface area contributed by atoms with Crippen molar-refractivity contribution in [2.45, 2.75) is 31.9 Å². The monoisotopic (exact) mass is 517 g/mol. The van der Waals surface area contributed by atoms with Gasteiger partial charge in [-0.25, -0.2) is 0 Å². The minimum absolute atomic E-state index is 0.0683. The number of hydrogen-bond acceptors (Lipinski definition) is 4. The van der Waals surface area contributed by atoms with Crippen LogP contribution in [0.15, 0.2) is 82.8 Å². The van der Waals surface area contributed by atoms with Crippen LogP contribution >= 0.6 is 15.9 Å². The Bertz CT molecular complexity index is 1280. The van der Waals surface area contributed by atoms with Crippen molar-refractivity contribution in [1.82, 2.24) is 4.90 Å². The number of likely N-dealkylation sites (tertiary alicyclic amines) is 1. The number of Topliss-reactive ketones (excluding diaryl/α,β-unsaturated/α-hetero) is 1. The third-order valence-electron chi connectivity index (χ3n) is 6.38. The Morgan fingerprint density at radius 1 is 1.06 bits per heavy atom. The number of halogens is 1. The molecule has 1 N–H and O–H groups in total. The molecule has 1 saturated heterocycles. The van der Waals surface area contributed by atoms with Gasteiger partial charge < -0.3 is 14.7 Å². The van der Waals surface area contributed by atoms with Crippen molar-refractivity contribution in [2.24, 2.45) is 0 Å². The molecule has 0 bridgehead atoms. The number of amides is 1. The van der Waals surface area contributed by atoms with E-state index in [9.17, 15) is 14.7 Å². The lowest BCUT2D eigenvalue weighted by molar-refractivity contribution is -0.139. The van der Waals surface area contributed by atoms with Crippen LogP contribution in [0.4, 0.5) is 0 Å². The predicted octanol–water partition coefficient (Wildman–Crippen LogP) is 5.44. The summed E-state index contributed by atoms with van der Waals surface area (Å²) in [5, 5.41) is 11.3. The van der Waals surface area contributed by atoms with Gasteiger partial charge in [0, 0.05) is 23.0 Å². The van der Waals surface area contributed by atoms with E-state index >= 15 is 0 Å². The van der Waals surface area contributed by atoms with Crippen molar-refractivity contribution in [3.63, 3.8) is 0 Å². The molecule has 0 aromatic heterocycles. The summed E-state index contributed by atoms with van der Waals surface area (Å²) in [5.74, 6) is -0.625. The molecule has 0 spiro atoms.